The molecule has 0 aromatic heterocycles. The molecular formula is C12H14ClFN2O3. The summed E-state index contributed by atoms with van der Waals surface area (Å²) >= 11 is 5.49. The fourth-order valence-corrected chi connectivity index (χ4v) is 1.43. The first-order valence-corrected chi connectivity index (χ1v) is 5.99. The predicted molar refractivity (Wildman–Crippen MR) is 69.3 cm³/mol. The van der Waals surface area contributed by atoms with Crippen LogP contribution in [0, 0.1) is 5.82 Å². The van der Waals surface area contributed by atoms with Gasteiger partial charge in [-0.25, -0.2) is 4.39 Å². The predicted octanol–water partition coefficient (Wildman–Crippen LogP) is 1.30. The van der Waals surface area contributed by atoms with Gasteiger partial charge >= 0.3 is 11.8 Å². The van der Waals surface area contributed by atoms with E-state index in [2.05, 4.69) is 10.6 Å². The molecule has 0 fully saturated rings. The van der Waals surface area contributed by atoms with Crippen molar-refractivity contribution in [2.75, 3.05) is 11.9 Å². The van der Waals surface area contributed by atoms with E-state index in [1.54, 1.807) is 6.92 Å². The van der Waals surface area contributed by atoms with Gasteiger partial charge in [0.15, 0.2) is 0 Å². The molecule has 7 heteroatoms. The maximum absolute atomic E-state index is 13.1. The van der Waals surface area contributed by atoms with Gasteiger partial charge in [-0.15, -0.1) is 0 Å². The summed E-state index contributed by atoms with van der Waals surface area (Å²) in [5.74, 6) is -2.45. The molecule has 0 unspecified atom stereocenters. The Bertz CT molecular complexity index is 482. The molecule has 0 aliphatic rings. The molecule has 0 radical (unpaired) electrons. The first-order valence-electron chi connectivity index (χ1n) is 5.61. The summed E-state index contributed by atoms with van der Waals surface area (Å²) in [6.07, 6.45) is 0.342. The van der Waals surface area contributed by atoms with Crippen molar-refractivity contribution in [3.8, 4) is 0 Å². The van der Waals surface area contributed by atoms with Gasteiger partial charge in [-0.2, -0.15) is 0 Å². The monoisotopic (exact) mass is 288 g/mol. The number of aliphatic hydroxyl groups is 1. The fraction of sp³-hybridized carbons (Fsp3) is 0.333. The molecule has 1 rings (SSSR count). The Balaban J connectivity index is 2.58. The molecule has 0 aliphatic heterocycles. The van der Waals surface area contributed by atoms with E-state index in [0.29, 0.717) is 6.42 Å². The SMILES string of the molecule is C[C@H](CCO)NC(=O)C(=O)Nc1ccc(Cl)c(F)c1. The summed E-state index contributed by atoms with van der Waals surface area (Å²) in [7, 11) is 0. The summed E-state index contributed by atoms with van der Waals surface area (Å²) in [5, 5.41) is 13.2. The third-order valence-electron chi connectivity index (χ3n) is 2.32. The summed E-state index contributed by atoms with van der Waals surface area (Å²) in [6, 6.07) is 3.35. The number of amides is 2. The molecular weight excluding hydrogens is 275 g/mol. The number of rotatable bonds is 4. The quantitative estimate of drug-likeness (QED) is 0.731. The molecule has 1 atom stereocenters. The Morgan fingerprint density at radius 2 is 2.11 bits per heavy atom. The van der Waals surface area contributed by atoms with Gasteiger partial charge in [0.1, 0.15) is 5.82 Å². The van der Waals surface area contributed by atoms with Crippen molar-refractivity contribution in [1.29, 1.82) is 0 Å². The van der Waals surface area contributed by atoms with E-state index in [1.165, 1.54) is 12.1 Å². The molecule has 19 heavy (non-hydrogen) atoms. The Labute approximate surface area is 114 Å². The molecule has 0 aliphatic carbocycles. The van der Waals surface area contributed by atoms with E-state index in [4.69, 9.17) is 16.7 Å². The highest BCUT2D eigenvalue weighted by atomic mass is 35.5. The third-order valence-corrected chi connectivity index (χ3v) is 2.63. The first kappa shape index (κ1) is 15.4. The van der Waals surface area contributed by atoms with Crippen molar-refractivity contribution < 1.29 is 19.1 Å². The lowest BCUT2D eigenvalue weighted by Gasteiger charge is -2.12. The fourth-order valence-electron chi connectivity index (χ4n) is 1.32. The van der Waals surface area contributed by atoms with Crippen LogP contribution >= 0.6 is 11.6 Å². The zero-order valence-electron chi connectivity index (χ0n) is 10.2. The van der Waals surface area contributed by atoms with Gasteiger partial charge in [-0.3, -0.25) is 9.59 Å². The second kappa shape index (κ2) is 7.06. The van der Waals surface area contributed by atoms with Crippen molar-refractivity contribution >= 4 is 29.1 Å². The van der Waals surface area contributed by atoms with E-state index in [-0.39, 0.29) is 23.4 Å². The largest absolute Gasteiger partial charge is 0.396 e. The Hall–Kier alpha value is -1.66. The van der Waals surface area contributed by atoms with Gasteiger partial charge in [-0.1, -0.05) is 11.6 Å². The zero-order chi connectivity index (χ0) is 14.4. The van der Waals surface area contributed by atoms with E-state index in [9.17, 15) is 14.0 Å². The van der Waals surface area contributed by atoms with Crippen molar-refractivity contribution in [2.24, 2.45) is 0 Å². The molecule has 1 aromatic rings. The molecule has 0 saturated heterocycles. The van der Waals surface area contributed by atoms with Crippen molar-refractivity contribution in [1.82, 2.24) is 5.32 Å². The number of carbonyl (C=O) groups excluding carboxylic acids is 2. The van der Waals surface area contributed by atoms with Crippen molar-refractivity contribution in [3.05, 3.63) is 29.0 Å². The summed E-state index contributed by atoms with van der Waals surface area (Å²) in [5.41, 5.74) is 0.136. The number of hydrogen-bond acceptors (Lipinski definition) is 3. The summed E-state index contributed by atoms with van der Waals surface area (Å²) in [4.78, 5) is 23.0. The Kier molecular flexibility index (Phi) is 5.72. The highest BCUT2D eigenvalue weighted by Crippen LogP contribution is 2.18. The lowest BCUT2D eigenvalue weighted by atomic mass is 10.2. The Morgan fingerprint density at radius 1 is 1.42 bits per heavy atom. The van der Waals surface area contributed by atoms with Crippen LogP contribution in [0.3, 0.4) is 0 Å². The lowest BCUT2D eigenvalue weighted by molar-refractivity contribution is -0.136. The molecule has 5 nitrogen and oxygen atoms in total. The molecule has 104 valence electrons. The van der Waals surface area contributed by atoms with E-state index < -0.39 is 17.6 Å². The molecule has 0 heterocycles. The Morgan fingerprint density at radius 3 is 2.68 bits per heavy atom. The lowest BCUT2D eigenvalue weighted by Crippen LogP contribution is -2.40. The molecule has 2 amide bonds. The maximum atomic E-state index is 13.1. The number of nitrogens with one attached hydrogen (secondary N) is 2. The molecule has 3 N–H and O–H groups in total. The number of halogens is 2. The van der Waals surface area contributed by atoms with Gasteiger partial charge in [0.05, 0.1) is 5.02 Å². The topological polar surface area (TPSA) is 78.4 Å². The minimum absolute atomic E-state index is 0.0704. The normalized spacial score (nSPS) is 11.8. The van der Waals surface area contributed by atoms with Crippen LogP contribution < -0.4 is 10.6 Å². The summed E-state index contributed by atoms with van der Waals surface area (Å²) in [6.45, 7) is 1.56. The standard InChI is InChI=1S/C12H14ClFN2O3/c1-7(4-5-17)15-11(18)12(19)16-8-2-3-9(13)10(14)6-8/h2-3,6-7,17H,4-5H2,1H3,(H,15,18)(H,16,19)/t7-/m1/s1. The molecule has 0 spiro atoms. The second-order valence-corrected chi connectivity index (χ2v) is 4.38. The highest BCUT2D eigenvalue weighted by Gasteiger charge is 2.16. The van der Waals surface area contributed by atoms with Crippen LogP contribution in [-0.2, 0) is 9.59 Å². The van der Waals surface area contributed by atoms with E-state index in [0.717, 1.165) is 6.07 Å². The summed E-state index contributed by atoms with van der Waals surface area (Å²) < 4.78 is 13.1. The average Bonchev–Trinajstić information content (AvgIpc) is 2.34. The van der Waals surface area contributed by atoms with Crippen LogP contribution in [0.5, 0.6) is 0 Å². The van der Waals surface area contributed by atoms with Crippen molar-refractivity contribution in [3.63, 3.8) is 0 Å². The van der Waals surface area contributed by atoms with Crippen LogP contribution in [0.4, 0.5) is 10.1 Å². The van der Waals surface area contributed by atoms with Crippen LogP contribution in [-0.4, -0.2) is 29.6 Å². The van der Waals surface area contributed by atoms with Gasteiger partial charge < -0.3 is 15.7 Å². The van der Waals surface area contributed by atoms with Crippen LogP contribution in [0.1, 0.15) is 13.3 Å². The number of carbonyl (C=O) groups is 2. The van der Waals surface area contributed by atoms with Gasteiger partial charge in [0.25, 0.3) is 0 Å². The van der Waals surface area contributed by atoms with Crippen LogP contribution in [0.25, 0.3) is 0 Å². The average molecular weight is 289 g/mol. The third kappa shape index (κ3) is 4.84. The molecule has 1 aromatic carbocycles. The second-order valence-electron chi connectivity index (χ2n) is 3.97. The number of anilines is 1. The van der Waals surface area contributed by atoms with Crippen molar-refractivity contribution in [2.45, 2.75) is 19.4 Å². The van der Waals surface area contributed by atoms with Gasteiger partial charge in [0.2, 0.25) is 0 Å². The molecule has 0 bridgehead atoms. The van der Waals surface area contributed by atoms with E-state index in [1.807, 2.05) is 0 Å². The van der Waals surface area contributed by atoms with Crippen LogP contribution in [0.15, 0.2) is 18.2 Å². The smallest absolute Gasteiger partial charge is 0.313 e. The minimum atomic E-state index is -0.911. The maximum Gasteiger partial charge on any atom is 0.313 e. The van der Waals surface area contributed by atoms with Gasteiger partial charge in [-0.05, 0) is 31.5 Å². The van der Waals surface area contributed by atoms with E-state index >= 15 is 0 Å². The first-order chi connectivity index (χ1) is 8.93. The number of aliphatic hydroxyl groups excluding tert-OH is 1. The van der Waals surface area contributed by atoms with Gasteiger partial charge in [0, 0.05) is 18.3 Å². The number of hydrogen-bond donors (Lipinski definition) is 3. The van der Waals surface area contributed by atoms with Crippen LogP contribution in [0.2, 0.25) is 5.02 Å². The minimum Gasteiger partial charge on any atom is -0.396 e. The number of benzene rings is 1. The zero-order valence-corrected chi connectivity index (χ0v) is 11.0. The highest BCUT2D eigenvalue weighted by molar-refractivity contribution is 6.39. The molecule has 0 saturated carbocycles.